The van der Waals surface area contributed by atoms with Crippen molar-refractivity contribution in [2.24, 2.45) is 14.1 Å². The SMILES string of the molecule is CCC=CCCNc1cn(C)nc1-c1cnn(C)c1. The van der Waals surface area contributed by atoms with Gasteiger partial charge in [0.05, 0.1) is 11.9 Å². The quantitative estimate of drug-likeness (QED) is 0.640. The Morgan fingerprint density at radius 1 is 1.21 bits per heavy atom. The number of nitrogens with one attached hydrogen (secondary N) is 1. The Kier molecular flexibility index (Phi) is 4.39. The molecule has 2 aromatic rings. The molecule has 102 valence electrons. The molecule has 0 fully saturated rings. The highest BCUT2D eigenvalue weighted by Crippen LogP contribution is 2.25. The van der Waals surface area contributed by atoms with Gasteiger partial charge in [-0.3, -0.25) is 9.36 Å². The van der Waals surface area contributed by atoms with E-state index < -0.39 is 0 Å². The summed E-state index contributed by atoms with van der Waals surface area (Å²) in [5.74, 6) is 0. The molecule has 0 unspecified atom stereocenters. The Labute approximate surface area is 113 Å². The first-order valence-electron chi connectivity index (χ1n) is 6.62. The van der Waals surface area contributed by atoms with Gasteiger partial charge in [-0.1, -0.05) is 19.1 Å². The van der Waals surface area contributed by atoms with Crippen molar-refractivity contribution in [3.05, 3.63) is 30.7 Å². The number of aryl methyl sites for hydroxylation is 2. The third-order valence-electron chi connectivity index (χ3n) is 2.84. The van der Waals surface area contributed by atoms with E-state index in [0.717, 1.165) is 36.3 Å². The lowest BCUT2D eigenvalue weighted by atomic mass is 10.2. The van der Waals surface area contributed by atoms with Crippen LogP contribution in [0.3, 0.4) is 0 Å². The molecular formula is C14H21N5. The smallest absolute Gasteiger partial charge is 0.119 e. The largest absolute Gasteiger partial charge is 0.382 e. The lowest BCUT2D eigenvalue weighted by Gasteiger charge is -2.03. The maximum absolute atomic E-state index is 4.49. The number of anilines is 1. The first-order valence-corrected chi connectivity index (χ1v) is 6.62. The van der Waals surface area contributed by atoms with Gasteiger partial charge in [-0.25, -0.2) is 0 Å². The van der Waals surface area contributed by atoms with Gasteiger partial charge in [-0.2, -0.15) is 10.2 Å². The number of rotatable bonds is 6. The normalized spacial score (nSPS) is 11.3. The van der Waals surface area contributed by atoms with E-state index in [1.165, 1.54) is 0 Å². The number of aromatic nitrogens is 4. The minimum Gasteiger partial charge on any atom is -0.382 e. The fourth-order valence-electron chi connectivity index (χ4n) is 1.95. The topological polar surface area (TPSA) is 47.7 Å². The van der Waals surface area contributed by atoms with Gasteiger partial charge in [0.2, 0.25) is 0 Å². The zero-order valence-corrected chi connectivity index (χ0v) is 11.8. The van der Waals surface area contributed by atoms with Gasteiger partial charge in [-0.15, -0.1) is 0 Å². The summed E-state index contributed by atoms with van der Waals surface area (Å²) in [5.41, 5.74) is 3.05. The van der Waals surface area contributed by atoms with Crippen LogP contribution in [0.2, 0.25) is 0 Å². The molecule has 0 amide bonds. The first-order chi connectivity index (χ1) is 9.20. The molecule has 0 spiro atoms. The van der Waals surface area contributed by atoms with Gasteiger partial charge >= 0.3 is 0 Å². The third-order valence-corrected chi connectivity index (χ3v) is 2.84. The Morgan fingerprint density at radius 3 is 2.74 bits per heavy atom. The van der Waals surface area contributed by atoms with Crippen molar-refractivity contribution < 1.29 is 0 Å². The molecule has 5 nitrogen and oxygen atoms in total. The van der Waals surface area contributed by atoms with Crippen molar-refractivity contribution in [2.75, 3.05) is 11.9 Å². The molecule has 0 saturated carbocycles. The standard InChI is InChI=1S/C14H21N5/c1-4-5-6-7-8-15-13-11-19(3)17-14(13)12-9-16-18(2)10-12/h5-6,9-11,15H,4,7-8H2,1-3H3. The average Bonchev–Trinajstić information content (AvgIpc) is 2.95. The van der Waals surface area contributed by atoms with Gasteiger partial charge in [-0.05, 0) is 12.8 Å². The second kappa shape index (κ2) is 6.22. The van der Waals surface area contributed by atoms with E-state index in [1.54, 1.807) is 4.68 Å². The molecule has 0 aliphatic rings. The fraction of sp³-hybridized carbons (Fsp3) is 0.429. The van der Waals surface area contributed by atoms with Crippen molar-refractivity contribution in [3.63, 3.8) is 0 Å². The highest BCUT2D eigenvalue weighted by Gasteiger charge is 2.10. The maximum atomic E-state index is 4.49. The van der Waals surface area contributed by atoms with Crippen molar-refractivity contribution in [2.45, 2.75) is 19.8 Å². The van der Waals surface area contributed by atoms with Crippen molar-refractivity contribution in [1.29, 1.82) is 0 Å². The van der Waals surface area contributed by atoms with Gasteiger partial charge < -0.3 is 5.32 Å². The van der Waals surface area contributed by atoms with Crippen LogP contribution in [0.1, 0.15) is 19.8 Å². The van der Waals surface area contributed by atoms with E-state index >= 15 is 0 Å². The molecule has 0 aliphatic carbocycles. The van der Waals surface area contributed by atoms with Gasteiger partial charge in [0.25, 0.3) is 0 Å². The summed E-state index contributed by atoms with van der Waals surface area (Å²) in [4.78, 5) is 0. The van der Waals surface area contributed by atoms with E-state index in [1.807, 2.05) is 37.4 Å². The molecule has 0 saturated heterocycles. The minimum atomic E-state index is 0.912. The molecule has 5 heteroatoms. The van der Waals surface area contributed by atoms with E-state index in [2.05, 4.69) is 34.6 Å². The number of allylic oxidation sites excluding steroid dienone is 1. The zero-order valence-electron chi connectivity index (χ0n) is 11.8. The highest BCUT2D eigenvalue weighted by atomic mass is 15.3. The molecule has 0 aliphatic heterocycles. The predicted molar refractivity (Wildman–Crippen MR) is 77.9 cm³/mol. The summed E-state index contributed by atoms with van der Waals surface area (Å²) in [6.45, 7) is 3.06. The summed E-state index contributed by atoms with van der Waals surface area (Å²) in [5, 5.41) is 12.1. The number of nitrogens with zero attached hydrogens (tertiary/aromatic N) is 4. The lowest BCUT2D eigenvalue weighted by Crippen LogP contribution is -2.00. The fourth-order valence-corrected chi connectivity index (χ4v) is 1.95. The van der Waals surface area contributed by atoms with Crippen LogP contribution in [0, 0.1) is 0 Å². The summed E-state index contributed by atoms with van der Waals surface area (Å²) >= 11 is 0. The number of hydrogen-bond donors (Lipinski definition) is 1. The molecule has 1 N–H and O–H groups in total. The van der Waals surface area contributed by atoms with Gasteiger partial charge in [0, 0.05) is 38.6 Å². The van der Waals surface area contributed by atoms with Gasteiger partial charge in [0.15, 0.2) is 0 Å². The molecule has 0 radical (unpaired) electrons. The number of hydrogen-bond acceptors (Lipinski definition) is 3. The Hall–Kier alpha value is -2.04. The molecular weight excluding hydrogens is 238 g/mol. The Bertz CT molecular complexity index is 550. The van der Waals surface area contributed by atoms with Crippen LogP contribution in [-0.4, -0.2) is 26.1 Å². The van der Waals surface area contributed by atoms with Crippen LogP contribution in [-0.2, 0) is 14.1 Å². The van der Waals surface area contributed by atoms with Crippen LogP contribution in [0.5, 0.6) is 0 Å². The van der Waals surface area contributed by atoms with E-state index in [0.29, 0.717) is 0 Å². The van der Waals surface area contributed by atoms with Crippen LogP contribution >= 0.6 is 0 Å². The molecule has 19 heavy (non-hydrogen) atoms. The molecule has 0 bridgehead atoms. The Balaban J connectivity index is 2.06. The Morgan fingerprint density at radius 2 is 2.05 bits per heavy atom. The second-order valence-corrected chi connectivity index (χ2v) is 4.56. The predicted octanol–water partition coefficient (Wildman–Crippen LogP) is 2.59. The van der Waals surface area contributed by atoms with Crippen molar-refractivity contribution >= 4 is 5.69 Å². The summed E-state index contributed by atoms with van der Waals surface area (Å²) in [6.07, 6.45) is 12.3. The van der Waals surface area contributed by atoms with E-state index in [4.69, 9.17) is 0 Å². The highest BCUT2D eigenvalue weighted by molar-refractivity contribution is 5.72. The summed E-state index contributed by atoms with van der Waals surface area (Å²) < 4.78 is 3.62. The van der Waals surface area contributed by atoms with Crippen LogP contribution in [0.15, 0.2) is 30.7 Å². The molecule has 2 heterocycles. The van der Waals surface area contributed by atoms with Gasteiger partial charge in [0.1, 0.15) is 5.69 Å². The summed E-state index contributed by atoms with van der Waals surface area (Å²) in [6, 6.07) is 0. The third kappa shape index (κ3) is 3.47. The molecule has 2 rings (SSSR count). The lowest BCUT2D eigenvalue weighted by molar-refractivity contribution is 0.766. The van der Waals surface area contributed by atoms with E-state index in [9.17, 15) is 0 Å². The van der Waals surface area contributed by atoms with E-state index in [-0.39, 0.29) is 0 Å². The van der Waals surface area contributed by atoms with Crippen molar-refractivity contribution in [3.8, 4) is 11.3 Å². The first kappa shape index (κ1) is 13.4. The minimum absolute atomic E-state index is 0.912. The molecule has 0 aromatic carbocycles. The summed E-state index contributed by atoms with van der Waals surface area (Å²) in [7, 11) is 3.84. The van der Waals surface area contributed by atoms with Crippen molar-refractivity contribution in [1.82, 2.24) is 19.6 Å². The average molecular weight is 259 g/mol. The van der Waals surface area contributed by atoms with Crippen LogP contribution in [0.4, 0.5) is 5.69 Å². The molecule has 0 atom stereocenters. The van der Waals surface area contributed by atoms with Crippen LogP contribution < -0.4 is 5.32 Å². The molecule has 2 aromatic heterocycles. The maximum Gasteiger partial charge on any atom is 0.119 e. The van der Waals surface area contributed by atoms with Crippen LogP contribution in [0.25, 0.3) is 11.3 Å². The monoisotopic (exact) mass is 259 g/mol. The zero-order chi connectivity index (χ0) is 13.7. The second-order valence-electron chi connectivity index (χ2n) is 4.56.